The fraction of sp³-hybridized carbons (Fsp3) is 0.219. The number of ketones is 1. The normalized spacial score (nSPS) is 15.8. The van der Waals surface area contributed by atoms with Crippen molar-refractivity contribution in [1.82, 2.24) is 14.7 Å². The molecule has 0 unspecified atom stereocenters. The van der Waals surface area contributed by atoms with E-state index < -0.39 is 16.9 Å². The van der Waals surface area contributed by atoms with Gasteiger partial charge >= 0.3 is 5.97 Å². The van der Waals surface area contributed by atoms with Gasteiger partial charge in [0.05, 0.1) is 0 Å². The van der Waals surface area contributed by atoms with Crippen LogP contribution < -0.4 is 0 Å². The van der Waals surface area contributed by atoms with Crippen molar-refractivity contribution in [2.45, 2.75) is 31.2 Å². The molecule has 0 saturated heterocycles. The zero-order valence-electron chi connectivity index (χ0n) is 22.1. The van der Waals surface area contributed by atoms with Crippen LogP contribution in [0, 0.1) is 0 Å². The molecule has 6 nitrogen and oxygen atoms in total. The first kappa shape index (κ1) is 25.2. The van der Waals surface area contributed by atoms with Gasteiger partial charge in [0, 0.05) is 31.4 Å². The lowest BCUT2D eigenvalue weighted by atomic mass is 9.70. The molecule has 3 aromatic carbocycles. The van der Waals surface area contributed by atoms with E-state index in [0.29, 0.717) is 23.3 Å². The highest BCUT2D eigenvalue weighted by atomic mass is 16.4. The van der Waals surface area contributed by atoms with Gasteiger partial charge in [0.2, 0.25) is 5.78 Å². The molecule has 0 saturated carbocycles. The number of aromatic carboxylic acids is 1. The van der Waals surface area contributed by atoms with E-state index >= 15 is 0 Å². The molecule has 38 heavy (non-hydrogen) atoms. The monoisotopic (exact) mass is 505 g/mol. The fourth-order valence-corrected chi connectivity index (χ4v) is 5.78. The summed E-state index contributed by atoms with van der Waals surface area (Å²) in [5.41, 5.74) is 2.18. The van der Waals surface area contributed by atoms with Gasteiger partial charge in [0.1, 0.15) is 11.2 Å². The minimum atomic E-state index is -1.15. The second-order valence-corrected chi connectivity index (χ2v) is 10.6. The summed E-state index contributed by atoms with van der Waals surface area (Å²) < 4.78 is 1.68. The van der Waals surface area contributed by atoms with Gasteiger partial charge in [-0.3, -0.25) is 4.79 Å². The van der Waals surface area contributed by atoms with Crippen molar-refractivity contribution in [3.8, 4) is 0 Å². The molecule has 0 amide bonds. The Morgan fingerprint density at radius 3 is 1.74 bits per heavy atom. The van der Waals surface area contributed by atoms with E-state index in [2.05, 4.69) is 0 Å². The van der Waals surface area contributed by atoms with Gasteiger partial charge in [-0.15, -0.1) is 0 Å². The first-order valence-corrected chi connectivity index (χ1v) is 12.6. The summed E-state index contributed by atoms with van der Waals surface area (Å²) in [6.45, 7) is 3.96. The van der Waals surface area contributed by atoms with Crippen LogP contribution >= 0.6 is 0 Å². The molecule has 1 aliphatic carbocycles. The van der Waals surface area contributed by atoms with E-state index in [0.717, 1.165) is 16.7 Å². The van der Waals surface area contributed by atoms with Crippen LogP contribution in [0.4, 0.5) is 0 Å². The van der Waals surface area contributed by atoms with Gasteiger partial charge in [-0.2, -0.15) is 5.10 Å². The molecule has 1 N–H and O–H groups in total. The Kier molecular flexibility index (Phi) is 6.27. The Hall–Kier alpha value is -4.45. The summed E-state index contributed by atoms with van der Waals surface area (Å²) in [4.78, 5) is 28.8. The Labute approximate surface area is 222 Å². The first-order chi connectivity index (χ1) is 18.2. The summed E-state index contributed by atoms with van der Waals surface area (Å²) >= 11 is 0. The molecule has 1 heterocycles. The van der Waals surface area contributed by atoms with E-state index in [4.69, 9.17) is 5.10 Å². The third kappa shape index (κ3) is 3.93. The minimum Gasteiger partial charge on any atom is -0.476 e. The number of nitrogens with zero attached hydrogens (tertiary/aromatic N) is 3. The van der Waals surface area contributed by atoms with Crippen LogP contribution in [0.15, 0.2) is 103 Å². The predicted molar refractivity (Wildman–Crippen MR) is 148 cm³/mol. The number of rotatable bonds is 6. The maximum Gasteiger partial charge on any atom is 0.356 e. The standard InChI is InChI=1S/C32H31N3O3/c1-31(2)20-22(21-34(3)4)29(36)28-26(31)27(30(37)38)33-35(28)32(23-14-8-5-9-15-23,24-16-10-6-11-17-24)25-18-12-7-13-19-25/h5-19,21H,20H2,1-4H3,(H,37,38). The molecule has 5 rings (SSSR count). The number of carbonyl (C=O) groups excluding carboxylic acids is 1. The third-order valence-electron chi connectivity index (χ3n) is 7.21. The van der Waals surface area contributed by atoms with Crippen LogP contribution in [0.3, 0.4) is 0 Å². The molecular weight excluding hydrogens is 474 g/mol. The first-order valence-electron chi connectivity index (χ1n) is 12.6. The van der Waals surface area contributed by atoms with Crippen LogP contribution in [-0.2, 0) is 11.0 Å². The highest BCUT2D eigenvalue weighted by Crippen LogP contribution is 2.47. The Morgan fingerprint density at radius 1 is 0.895 bits per heavy atom. The van der Waals surface area contributed by atoms with Crippen LogP contribution in [0.25, 0.3) is 0 Å². The molecule has 192 valence electrons. The van der Waals surface area contributed by atoms with Crippen molar-refractivity contribution in [2.75, 3.05) is 14.1 Å². The van der Waals surface area contributed by atoms with Crippen LogP contribution in [0.1, 0.15) is 63.5 Å². The van der Waals surface area contributed by atoms with Crippen LogP contribution in [-0.4, -0.2) is 45.6 Å². The maximum absolute atomic E-state index is 14.3. The number of carboxylic acids is 1. The van der Waals surface area contributed by atoms with E-state index in [1.54, 1.807) is 4.68 Å². The van der Waals surface area contributed by atoms with Crippen molar-refractivity contribution >= 4 is 11.8 Å². The molecule has 0 bridgehead atoms. The Bertz CT molecular complexity index is 1420. The average Bonchev–Trinajstić information content (AvgIpc) is 3.32. The van der Waals surface area contributed by atoms with Crippen molar-refractivity contribution in [2.24, 2.45) is 0 Å². The van der Waals surface area contributed by atoms with Gasteiger partial charge in [-0.05, 0) is 28.5 Å². The quantitative estimate of drug-likeness (QED) is 0.268. The molecule has 1 aromatic heterocycles. The van der Waals surface area contributed by atoms with Crippen molar-refractivity contribution < 1.29 is 14.7 Å². The van der Waals surface area contributed by atoms with Gasteiger partial charge < -0.3 is 10.0 Å². The second-order valence-electron chi connectivity index (χ2n) is 10.6. The van der Waals surface area contributed by atoms with Crippen molar-refractivity contribution in [1.29, 1.82) is 0 Å². The largest absolute Gasteiger partial charge is 0.476 e. The highest BCUT2D eigenvalue weighted by Gasteiger charge is 2.49. The summed E-state index contributed by atoms with van der Waals surface area (Å²) in [6.07, 6.45) is 2.25. The summed E-state index contributed by atoms with van der Waals surface area (Å²) in [5.74, 6) is -1.36. The molecule has 4 aromatic rings. The smallest absolute Gasteiger partial charge is 0.356 e. The molecule has 0 radical (unpaired) electrons. The lowest BCUT2D eigenvalue weighted by Crippen LogP contribution is -2.42. The number of benzene rings is 3. The minimum absolute atomic E-state index is 0.0885. The van der Waals surface area contributed by atoms with E-state index in [9.17, 15) is 14.7 Å². The average molecular weight is 506 g/mol. The van der Waals surface area contributed by atoms with Crippen molar-refractivity contribution in [3.05, 3.63) is 136 Å². The van der Waals surface area contributed by atoms with Gasteiger partial charge in [0.25, 0.3) is 0 Å². The number of allylic oxidation sites excluding steroid dienone is 1. The predicted octanol–water partition coefficient (Wildman–Crippen LogP) is 5.73. The molecule has 1 aliphatic rings. The molecule has 0 spiro atoms. The number of Topliss-reactive ketones (excluding diaryl/α,β-unsaturated/α-hetero) is 1. The third-order valence-corrected chi connectivity index (χ3v) is 7.21. The number of aromatic nitrogens is 2. The summed E-state index contributed by atoms with van der Waals surface area (Å²) in [5, 5.41) is 15.2. The van der Waals surface area contributed by atoms with E-state index in [-0.39, 0.29) is 11.5 Å². The number of fused-ring (bicyclic) bond motifs is 1. The summed E-state index contributed by atoms with van der Waals surface area (Å²) in [6, 6.07) is 29.6. The Morgan fingerprint density at radius 2 is 1.34 bits per heavy atom. The fourth-order valence-electron chi connectivity index (χ4n) is 5.78. The maximum atomic E-state index is 14.3. The lowest BCUT2D eigenvalue weighted by molar-refractivity contribution is 0.0686. The zero-order valence-corrected chi connectivity index (χ0v) is 22.1. The van der Waals surface area contributed by atoms with Crippen LogP contribution in [0.5, 0.6) is 0 Å². The lowest BCUT2D eigenvalue weighted by Gasteiger charge is -2.39. The van der Waals surface area contributed by atoms with Gasteiger partial charge in [-0.1, -0.05) is 105 Å². The highest BCUT2D eigenvalue weighted by molar-refractivity contribution is 6.12. The number of hydrogen-bond donors (Lipinski definition) is 1. The van der Waals surface area contributed by atoms with E-state index in [1.807, 2.05) is 130 Å². The summed E-state index contributed by atoms with van der Waals surface area (Å²) in [7, 11) is 3.76. The van der Waals surface area contributed by atoms with Gasteiger partial charge in [0.15, 0.2) is 5.69 Å². The zero-order chi connectivity index (χ0) is 27.1. The number of carboxylic acid groups (broad SMARTS) is 1. The SMILES string of the molecule is CN(C)C=C1CC(C)(C)c2c(C(=O)O)nn(C(c3ccccc3)(c3ccccc3)c3ccccc3)c2C1=O. The van der Waals surface area contributed by atoms with E-state index in [1.165, 1.54) is 0 Å². The molecular formula is C32H31N3O3. The molecule has 0 fully saturated rings. The number of carbonyl (C=O) groups is 2. The van der Waals surface area contributed by atoms with Crippen LogP contribution in [0.2, 0.25) is 0 Å². The van der Waals surface area contributed by atoms with Crippen molar-refractivity contribution in [3.63, 3.8) is 0 Å². The molecule has 0 atom stereocenters. The topological polar surface area (TPSA) is 75.4 Å². The Balaban J connectivity index is 2.00. The number of hydrogen-bond acceptors (Lipinski definition) is 4. The molecule has 6 heteroatoms. The second kappa shape index (κ2) is 9.45. The van der Waals surface area contributed by atoms with Gasteiger partial charge in [-0.25, -0.2) is 9.48 Å². The molecule has 0 aliphatic heterocycles.